The van der Waals surface area contributed by atoms with Crippen LogP contribution >= 0.6 is 0 Å². The number of quaternary nitrogens is 1. The molecule has 0 heterocycles. The Morgan fingerprint density at radius 1 is 1.00 bits per heavy atom. The quantitative estimate of drug-likeness (QED) is 0.626. The van der Waals surface area contributed by atoms with Crippen molar-refractivity contribution < 1.29 is 9.28 Å². The molecule has 2 N–H and O–H groups in total. The van der Waals surface area contributed by atoms with E-state index < -0.39 is 0 Å². The van der Waals surface area contributed by atoms with E-state index >= 15 is 0 Å². The summed E-state index contributed by atoms with van der Waals surface area (Å²) in [6, 6.07) is 17.0. The number of likely N-dealkylation sites (N-methyl/N-ethyl adjacent to an activating group) is 1. The Morgan fingerprint density at radius 3 is 2.12 bits per heavy atom. The maximum absolute atomic E-state index is 13.0. The van der Waals surface area contributed by atoms with Gasteiger partial charge in [0.2, 0.25) is 0 Å². The third-order valence-corrected chi connectivity index (χ3v) is 4.86. The van der Waals surface area contributed by atoms with Crippen LogP contribution in [0.15, 0.2) is 54.6 Å². The van der Waals surface area contributed by atoms with Gasteiger partial charge in [0.25, 0.3) is 5.91 Å². The van der Waals surface area contributed by atoms with Crippen molar-refractivity contribution in [3.8, 4) is 0 Å². The fourth-order valence-corrected chi connectivity index (χ4v) is 2.62. The van der Waals surface area contributed by atoms with Crippen molar-refractivity contribution in [2.45, 2.75) is 13.8 Å². The number of amides is 1. The number of nitrogens with two attached hydrogens (primary N) is 1. The van der Waals surface area contributed by atoms with Crippen molar-refractivity contribution in [2.24, 2.45) is 0 Å². The molecule has 0 aliphatic rings. The Labute approximate surface area is 145 Å². The summed E-state index contributed by atoms with van der Waals surface area (Å²) in [5.41, 5.74) is 8.00. The fraction of sp³-hybridized carbons (Fsp3) is 0.350. The molecule has 0 aliphatic heterocycles. The summed E-state index contributed by atoms with van der Waals surface area (Å²) in [5.74, 6) is 0.0138. The van der Waals surface area contributed by atoms with Gasteiger partial charge in [-0.25, -0.2) is 0 Å². The zero-order valence-electron chi connectivity index (χ0n) is 14.9. The van der Waals surface area contributed by atoms with Gasteiger partial charge in [0, 0.05) is 16.9 Å². The van der Waals surface area contributed by atoms with Crippen LogP contribution < -0.4 is 10.6 Å². The lowest BCUT2D eigenvalue weighted by Crippen LogP contribution is -2.49. The van der Waals surface area contributed by atoms with Crippen LogP contribution in [0.2, 0.25) is 0 Å². The minimum Gasteiger partial charge on any atom is -0.399 e. The molecule has 4 nitrogen and oxygen atoms in total. The molecule has 0 radical (unpaired) electrons. The van der Waals surface area contributed by atoms with Gasteiger partial charge in [0.05, 0.1) is 33.2 Å². The number of benzene rings is 2. The number of anilines is 2. The number of hydrogen-bond acceptors (Lipinski definition) is 2. The van der Waals surface area contributed by atoms with E-state index in [1.807, 2.05) is 35.2 Å². The van der Waals surface area contributed by atoms with E-state index in [4.69, 9.17) is 5.73 Å². The van der Waals surface area contributed by atoms with E-state index in [1.165, 1.54) is 0 Å². The highest BCUT2D eigenvalue weighted by Crippen LogP contribution is 2.18. The fourth-order valence-electron chi connectivity index (χ4n) is 2.62. The van der Waals surface area contributed by atoms with Gasteiger partial charge in [0.15, 0.2) is 0 Å². The molecule has 24 heavy (non-hydrogen) atoms. The highest BCUT2D eigenvalue weighted by Gasteiger charge is 2.23. The number of nitrogen functional groups attached to an aromatic ring is 1. The van der Waals surface area contributed by atoms with Crippen LogP contribution in [-0.2, 0) is 0 Å². The van der Waals surface area contributed by atoms with Gasteiger partial charge in [-0.3, -0.25) is 4.79 Å². The van der Waals surface area contributed by atoms with Gasteiger partial charge in [-0.15, -0.1) is 0 Å². The molecule has 0 bridgehead atoms. The van der Waals surface area contributed by atoms with Crippen molar-refractivity contribution in [1.82, 2.24) is 0 Å². The smallest absolute Gasteiger partial charge is 0.258 e. The Balaban J connectivity index is 2.26. The molecule has 4 heteroatoms. The summed E-state index contributed by atoms with van der Waals surface area (Å²) in [6.45, 7) is 8.09. The first-order valence-electron chi connectivity index (χ1n) is 8.55. The van der Waals surface area contributed by atoms with E-state index in [1.54, 1.807) is 24.3 Å². The van der Waals surface area contributed by atoms with Crippen LogP contribution in [0.5, 0.6) is 0 Å². The third-order valence-electron chi connectivity index (χ3n) is 4.86. The van der Waals surface area contributed by atoms with Gasteiger partial charge < -0.3 is 15.1 Å². The largest absolute Gasteiger partial charge is 0.399 e. The molecule has 0 aliphatic carbocycles. The highest BCUT2D eigenvalue weighted by molar-refractivity contribution is 6.06. The number of carbonyl (C=O) groups excluding carboxylic acids is 1. The molecule has 0 fully saturated rings. The van der Waals surface area contributed by atoms with E-state index in [-0.39, 0.29) is 5.91 Å². The van der Waals surface area contributed by atoms with Crippen LogP contribution in [0.3, 0.4) is 0 Å². The second-order valence-corrected chi connectivity index (χ2v) is 6.39. The third kappa shape index (κ3) is 4.36. The molecule has 0 unspecified atom stereocenters. The van der Waals surface area contributed by atoms with Crippen molar-refractivity contribution >= 4 is 17.3 Å². The summed E-state index contributed by atoms with van der Waals surface area (Å²) in [4.78, 5) is 14.9. The lowest BCUT2D eigenvalue weighted by Gasteiger charge is -2.34. The molecule has 0 atom stereocenters. The first-order chi connectivity index (χ1) is 11.5. The molecule has 0 aromatic heterocycles. The first kappa shape index (κ1) is 18.0. The maximum atomic E-state index is 13.0. The molecule has 2 aromatic carbocycles. The second-order valence-electron chi connectivity index (χ2n) is 6.39. The van der Waals surface area contributed by atoms with Gasteiger partial charge in [-0.1, -0.05) is 18.2 Å². The Bertz CT molecular complexity index is 648. The van der Waals surface area contributed by atoms with Crippen LogP contribution in [0.25, 0.3) is 0 Å². The van der Waals surface area contributed by atoms with Crippen molar-refractivity contribution in [3.63, 3.8) is 0 Å². The summed E-state index contributed by atoms with van der Waals surface area (Å²) in [7, 11) is 2.23. The minimum absolute atomic E-state index is 0.0138. The van der Waals surface area contributed by atoms with E-state index in [2.05, 4.69) is 20.9 Å². The van der Waals surface area contributed by atoms with Crippen LogP contribution in [0.1, 0.15) is 24.2 Å². The lowest BCUT2D eigenvalue weighted by molar-refractivity contribution is -0.904. The molecule has 0 saturated carbocycles. The van der Waals surface area contributed by atoms with E-state index in [0.29, 0.717) is 17.8 Å². The first-order valence-corrected chi connectivity index (χ1v) is 8.55. The number of para-hydroxylation sites is 1. The number of nitrogens with zero attached hydrogens (tertiary/aromatic N) is 2. The van der Waals surface area contributed by atoms with Crippen LogP contribution in [0, 0.1) is 0 Å². The highest BCUT2D eigenvalue weighted by atomic mass is 16.2. The molecule has 2 aromatic rings. The van der Waals surface area contributed by atoms with Crippen LogP contribution in [-0.4, -0.2) is 43.6 Å². The average molecular weight is 326 g/mol. The maximum Gasteiger partial charge on any atom is 0.258 e. The Kier molecular flexibility index (Phi) is 5.99. The zero-order chi connectivity index (χ0) is 17.6. The predicted octanol–water partition coefficient (Wildman–Crippen LogP) is 3.40. The van der Waals surface area contributed by atoms with Crippen molar-refractivity contribution in [3.05, 3.63) is 60.2 Å². The SMILES string of the molecule is CC[N+](C)(CC)CCN(C(=O)c1ccc(N)cc1)c1ccccc1. The number of carbonyl (C=O) groups is 1. The summed E-state index contributed by atoms with van der Waals surface area (Å²) in [5, 5.41) is 0. The Morgan fingerprint density at radius 2 is 1.58 bits per heavy atom. The molecule has 2 rings (SSSR count). The summed E-state index contributed by atoms with van der Waals surface area (Å²) in [6.07, 6.45) is 0. The van der Waals surface area contributed by atoms with E-state index in [0.717, 1.165) is 29.8 Å². The molecule has 0 spiro atoms. The lowest BCUT2D eigenvalue weighted by atomic mass is 10.1. The number of rotatable bonds is 7. The molecular formula is C20H28N3O+. The summed E-state index contributed by atoms with van der Waals surface area (Å²) >= 11 is 0. The monoisotopic (exact) mass is 326 g/mol. The Hall–Kier alpha value is -2.33. The molecule has 1 amide bonds. The topological polar surface area (TPSA) is 46.3 Å². The summed E-state index contributed by atoms with van der Waals surface area (Å²) < 4.78 is 0.943. The normalized spacial score (nSPS) is 11.3. The molecule has 128 valence electrons. The predicted molar refractivity (Wildman–Crippen MR) is 101 cm³/mol. The second kappa shape index (κ2) is 7.97. The van der Waals surface area contributed by atoms with Gasteiger partial charge in [-0.2, -0.15) is 0 Å². The standard InChI is InChI=1S/C20H27N3O/c1-4-23(3,5-2)16-15-22(19-9-7-6-8-10-19)20(24)17-11-13-18(21)14-12-17/h6-14H,4-5,15-16H2,1-3H3,(H-,21,24)/p+1. The van der Waals surface area contributed by atoms with Crippen molar-refractivity contribution in [2.75, 3.05) is 43.9 Å². The zero-order valence-corrected chi connectivity index (χ0v) is 14.9. The van der Waals surface area contributed by atoms with E-state index in [9.17, 15) is 4.79 Å². The van der Waals surface area contributed by atoms with Gasteiger partial charge >= 0.3 is 0 Å². The minimum atomic E-state index is 0.0138. The van der Waals surface area contributed by atoms with Crippen molar-refractivity contribution in [1.29, 1.82) is 0 Å². The molecule has 0 saturated heterocycles. The number of hydrogen-bond donors (Lipinski definition) is 1. The average Bonchev–Trinajstić information content (AvgIpc) is 2.63. The van der Waals surface area contributed by atoms with Gasteiger partial charge in [0.1, 0.15) is 0 Å². The molecular weight excluding hydrogens is 298 g/mol. The van der Waals surface area contributed by atoms with Crippen LogP contribution in [0.4, 0.5) is 11.4 Å². The van der Waals surface area contributed by atoms with Gasteiger partial charge in [-0.05, 0) is 50.2 Å².